The maximum atomic E-state index is 12.3. The van der Waals surface area contributed by atoms with Gasteiger partial charge in [-0.05, 0) is 27.7 Å². The third-order valence-electron chi connectivity index (χ3n) is 3.43. The molecule has 8 heteroatoms. The first-order chi connectivity index (χ1) is 10.3. The van der Waals surface area contributed by atoms with Gasteiger partial charge in [-0.15, -0.1) is 10.2 Å². The van der Waals surface area contributed by atoms with Crippen LogP contribution in [0.1, 0.15) is 39.1 Å². The molecule has 1 fully saturated rings. The molecule has 7 nitrogen and oxygen atoms in total. The first kappa shape index (κ1) is 16.8. The zero-order chi connectivity index (χ0) is 16.3. The van der Waals surface area contributed by atoms with E-state index in [4.69, 9.17) is 4.74 Å². The van der Waals surface area contributed by atoms with Gasteiger partial charge in [0.1, 0.15) is 11.6 Å². The summed E-state index contributed by atoms with van der Waals surface area (Å²) in [5.41, 5.74) is -0.264. The van der Waals surface area contributed by atoms with Crippen LogP contribution in [0.2, 0.25) is 0 Å². The van der Waals surface area contributed by atoms with E-state index in [9.17, 15) is 9.59 Å². The van der Waals surface area contributed by atoms with Gasteiger partial charge >= 0.3 is 0 Å². The molecule has 1 N–H and O–H groups in total. The molecule has 1 aliphatic heterocycles. The van der Waals surface area contributed by atoms with Crippen LogP contribution in [0.3, 0.4) is 0 Å². The molecule has 0 aromatic carbocycles. The van der Waals surface area contributed by atoms with Gasteiger partial charge in [-0.2, -0.15) is 0 Å². The Hall–Kier alpha value is -1.54. The maximum absolute atomic E-state index is 12.3. The molecule has 0 spiro atoms. The summed E-state index contributed by atoms with van der Waals surface area (Å²) in [6.45, 7) is 9.25. The van der Waals surface area contributed by atoms with E-state index in [0.717, 1.165) is 5.01 Å². The molecule has 0 aliphatic carbocycles. The standard InChI is InChI=1S/C14H22N4O3S/c1-5-21-8-10-16-17-13(22-10)15-12(20)9-6-11(19)18(7-9)14(2,3)4/h9H,5-8H2,1-4H3,(H,15,17,20). The fourth-order valence-electron chi connectivity index (χ4n) is 2.29. The number of hydrogen-bond acceptors (Lipinski definition) is 6. The molecule has 2 amide bonds. The summed E-state index contributed by atoms with van der Waals surface area (Å²) in [6.07, 6.45) is 0.244. The second kappa shape index (κ2) is 6.70. The van der Waals surface area contributed by atoms with Crippen molar-refractivity contribution in [2.75, 3.05) is 18.5 Å². The highest BCUT2D eigenvalue weighted by Gasteiger charge is 2.39. The smallest absolute Gasteiger partial charge is 0.231 e. The third-order valence-corrected chi connectivity index (χ3v) is 4.24. The Bertz CT molecular complexity index is 553. The Morgan fingerprint density at radius 3 is 2.77 bits per heavy atom. The van der Waals surface area contributed by atoms with Gasteiger partial charge in [0.15, 0.2) is 0 Å². The molecule has 1 atom stereocenters. The van der Waals surface area contributed by atoms with E-state index in [-0.39, 0.29) is 29.7 Å². The number of hydrogen-bond donors (Lipinski definition) is 1. The predicted octanol–water partition coefficient (Wildman–Crippen LogP) is 1.66. The second-order valence-electron chi connectivity index (χ2n) is 6.20. The average Bonchev–Trinajstić information content (AvgIpc) is 3.02. The lowest BCUT2D eigenvalue weighted by atomic mass is 10.1. The molecular weight excluding hydrogens is 304 g/mol. The summed E-state index contributed by atoms with van der Waals surface area (Å²) in [4.78, 5) is 26.0. The lowest BCUT2D eigenvalue weighted by molar-refractivity contribution is -0.131. The summed E-state index contributed by atoms with van der Waals surface area (Å²) in [5.74, 6) is -0.507. The van der Waals surface area contributed by atoms with E-state index in [0.29, 0.717) is 24.9 Å². The minimum absolute atomic E-state index is 0.0157. The van der Waals surface area contributed by atoms with Crippen molar-refractivity contribution in [1.82, 2.24) is 15.1 Å². The molecule has 22 heavy (non-hydrogen) atoms. The Morgan fingerprint density at radius 1 is 1.45 bits per heavy atom. The molecule has 2 heterocycles. The fourth-order valence-corrected chi connectivity index (χ4v) is 2.97. The van der Waals surface area contributed by atoms with E-state index in [1.807, 2.05) is 27.7 Å². The second-order valence-corrected chi connectivity index (χ2v) is 7.27. The number of likely N-dealkylation sites (tertiary alicyclic amines) is 1. The van der Waals surface area contributed by atoms with Gasteiger partial charge in [0.25, 0.3) is 0 Å². The van der Waals surface area contributed by atoms with Crippen LogP contribution in [0, 0.1) is 5.92 Å². The number of amides is 2. The molecule has 0 bridgehead atoms. The quantitative estimate of drug-likeness (QED) is 0.889. The van der Waals surface area contributed by atoms with Crippen molar-refractivity contribution < 1.29 is 14.3 Å². The highest BCUT2D eigenvalue weighted by Crippen LogP contribution is 2.27. The summed E-state index contributed by atoms with van der Waals surface area (Å²) in [7, 11) is 0. The molecule has 1 unspecified atom stereocenters. The van der Waals surface area contributed by atoms with E-state index >= 15 is 0 Å². The molecule has 0 radical (unpaired) electrons. The molecule has 1 aromatic heterocycles. The number of nitrogens with one attached hydrogen (secondary N) is 1. The van der Waals surface area contributed by atoms with Crippen molar-refractivity contribution in [3.05, 3.63) is 5.01 Å². The van der Waals surface area contributed by atoms with Gasteiger partial charge in [-0.25, -0.2) is 0 Å². The van der Waals surface area contributed by atoms with Crippen LogP contribution in [-0.2, 0) is 20.9 Å². The summed E-state index contributed by atoms with van der Waals surface area (Å²) < 4.78 is 5.25. The van der Waals surface area contributed by atoms with Crippen molar-refractivity contribution >= 4 is 28.3 Å². The number of ether oxygens (including phenoxy) is 1. The average molecular weight is 326 g/mol. The van der Waals surface area contributed by atoms with Gasteiger partial charge in [-0.3, -0.25) is 9.59 Å². The number of nitrogens with zero attached hydrogens (tertiary/aromatic N) is 3. The molecule has 122 valence electrons. The molecule has 1 saturated heterocycles. The topological polar surface area (TPSA) is 84.4 Å². The highest BCUT2D eigenvalue weighted by atomic mass is 32.1. The lowest BCUT2D eigenvalue weighted by Gasteiger charge is -2.31. The van der Waals surface area contributed by atoms with E-state index < -0.39 is 0 Å². The van der Waals surface area contributed by atoms with Gasteiger partial charge in [-0.1, -0.05) is 11.3 Å². The molecular formula is C14H22N4O3S. The predicted molar refractivity (Wildman–Crippen MR) is 83.4 cm³/mol. The number of carbonyl (C=O) groups is 2. The molecule has 1 aromatic rings. The summed E-state index contributed by atoms with van der Waals surface area (Å²) in [6, 6.07) is 0. The summed E-state index contributed by atoms with van der Waals surface area (Å²) in [5, 5.41) is 11.8. The highest BCUT2D eigenvalue weighted by molar-refractivity contribution is 7.15. The SMILES string of the molecule is CCOCc1nnc(NC(=O)C2CC(=O)N(C(C)(C)C)C2)s1. The number of rotatable bonds is 5. The van der Waals surface area contributed by atoms with Crippen molar-refractivity contribution in [3.63, 3.8) is 0 Å². The number of aromatic nitrogens is 2. The summed E-state index contributed by atoms with van der Waals surface area (Å²) >= 11 is 1.29. The van der Waals surface area contributed by atoms with Crippen LogP contribution >= 0.6 is 11.3 Å². The Balaban J connectivity index is 1.93. The zero-order valence-corrected chi connectivity index (χ0v) is 14.2. The van der Waals surface area contributed by atoms with Crippen molar-refractivity contribution in [2.24, 2.45) is 5.92 Å². The van der Waals surface area contributed by atoms with Crippen molar-refractivity contribution in [2.45, 2.75) is 46.3 Å². The van der Waals surface area contributed by atoms with Crippen LogP contribution in [0.15, 0.2) is 0 Å². The third kappa shape index (κ3) is 4.01. The normalized spacial score (nSPS) is 18.8. The Kier molecular flexibility index (Phi) is 5.12. The maximum Gasteiger partial charge on any atom is 0.231 e. The minimum atomic E-state index is -0.342. The number of anilines is 1. The van der Waals surface area contributed by atoms with E-state index in [1.54, 1.807) is 4.90 Å². The van der Waals surface area contributed by atoms with Crippen molar-refractivity contribution in [3.8, 4) is 0 Å². The van der Waals surface area contributed by atoms with Crippen LogP contribution in [0.4, 0.5) is 5.13 Å². The van der Waals surface area contributed by atoms with Crippen LogP contribution < -0.4 is 5.32 Å². The van der Waals surface area contributed by atoms with Crippen molar-refractivity contribution in [1.29, 1.82) is 0 Å². The van der Waals surface area contributed by atoms with Crippen LogP contribution in [-0.4, -0.2) is 45.6 Å². The molecule has 0 saturated carbocycles. The fraction of sp³-hybridized carbons (Fsp3) is 0.714. The van der Waals surface area contributed by atoms with Gasteiger partial charge in [0, 0.05) is 25.1 Å². The van der Waals surface area contributed by atoms with Gasteiger partial charge in [0.2, 0.25) is 16.9 Å². The lowest BCUT2D eigenvalue weighted by Crippen LogP contribution is -2.42. The largest absolute Gasteiger partial charge is 0.374 e. The Labute approximate surface area is 134 Å². The minimum Gasteiger partial charge on any atom is -0.374 e. The first-order valence-corrected chi connectivity index (χ1v) is 8.14. The van der Waals surface area contributed by atoms with Crippen LogP contribution in [0.5, 0.6) is 0 Å². The first-order valence-electron chi connectivity index (χ1n) is 7.32. The van der Waals surface area contributed by atoms with Crippen LogP contribution in [0.25, 0.3) is 0 Å². The molecule has 2 rings (SSSR count). The molecule has 1 aliphatic rings. The zero-order valence-electron chi connectivity index (χ0n) is 13.4. The Morgan fingerprint density at radius 2 is 2.18 bits per heavy atom. The van der Waals surface area contributed by atoms with E-state index in [1.165, 1.54) is 11.3 Å². The van der Waals surface area contributed by atoms with Gasteiger partial charge in [0.05, 0.1) is 5.92 Å². The monoisotopic (exact) mass is 326 g/mol. The van der Waals surface area contributed by atoms with Gasteiger partial charge < -0.3 is 15.0 Å². The van der Waals surface area contributed by atoms with E-state index in [2.05, 4.69) is 15.5 Å². The number of carbonyl (C=O) groups excluding carboxylic acids is 2.